The number of benzene rings is 2. The molecular weight excluding hydrogens is 304 g/mol. The van der Waals surface area contributed by atoms with Gasteiger partial charge in [0.1, 0.15) is 0 Å². The highest BCUT2D eigenvalue weighted by Gasteiger charge is 2.51. The summed E-state index contributed by atoms with van der Waals surface area (Å²) in [5, 5.41) is 14.7. The summed E-state index contributed by atoms with van der Waals surface area (Å²) in [5.74, 6) is -0.611. The van der Waals surface area contributed by atoms with Gasteiger partial charge in [0.15, 0.2) is 0 Å². The van der Waals surface area contributed by atoms with Crippen LogP contribution in [0.15, 0.2) is 54.6 Å². The summed E-state index contributed by atoms with van der Waals surface area (Å²) in [6.07, 6.45) is 0.928. The van der Waals surface area contributed by atoms with Gasteiger partial charge in [-0.2, -0.15) is 0 Å². The van der Waals surface area contributed by atoms with Gasteiger partial charge in [0.05, 0.1) is 5.56 Å². The number of amides is 2. The van der Waals surface area contributed by atoms with Crippen LogP contribution in [0.4, 0.5) is 4.79 Å². The minimum atomic E-state index is -0.958. The third-order valence-electron chi connectivity index (χ3n) is 4.49. The van der Waals surface area contributed by atoms with Crippen LogP contribution in [0, 0.1) is 0 Å². The zero-order chi connectivity index (χ0) is 17.2. The maximum atomic E-state index is 12.1. The first-order chi connectivity index (χ1) is 11.5. The zero-order valence-corrected chi connectivity index (χ0v) is 13.5. The molecule has 2 aromatic carbocycles. The highest BCUT2D eigenvalue weighted by Crippen LogP contribution is 2.50. The molecule has 124 valence electrons. The van der Waals surface area contributed by atoms with E-state index in [1.807, 2.05) is 25.1 Å². The van der Waals surface area contributed by atoms with Crippen LogP contribution in [0.1, 0.15) is 40.7 Å². The van der Waals surface area contributed by atoms with Gasteiger partial charge in [-0.05, 0) is 36.6 Å². The molecule has 5 heteroatoms. The zero-order valence-electron chi connectivity index (χ0n) is 13.5. The predicted molar refractivity (Wildman–Crippen MR) is 91.0 cm³/mol. The quantitative estimate of drug-likeness (QED) is 0.790. The molecule has 0 saturated heterocycles. The molecule has 0 bridgehead atoms. The van der Waals surface area contributed by atoms with Crippen LogP contribution in [0.2, 0.25) is 0 Å². The molecule has 1 saturated carbocycles. The monoisotopic (exact) mass is 324 g/mol. The van der Waals surface area contributed by atoms with Crippen molar-refractivity contribution in [1.82, 2.24) is 10.6 Å². The van der Waals surface area contributed by atoms with E-state index in [9.17, 15) is 9.59 Å². The van der Waals surface area contributed by atoms with Gasteiger partial charge in [0.25, 0.3) is 0 Å². The predicted octanol–water partition coefficient (Wildman–Crippen LogP) is 3.13. The van der Waals surface area contributed by atoms with Crippen LogP contribution in [0.3, 0.4) is 0 Å². The Bertz CT molecular complexity index is 743. The number of carbonyl (C=O) groups is 2. The summed E-state index contributed by atoms with van der Waals surface area (Å²) in [5.41, 5.74) is 2.12. The van der Waals surface area contributed by atoms with E-state index in [-0.39, 0.29) is 17.1 Å². The fraction of sp³-hybridized carbons (Fsp3) is 0.263. The smallest absolute Gasteiger partial charge is 0.335 e. The Labute approximate surface area is 140 Å². The number of hydrogen-bond acceptors (Lipinski definition) is 2. The highest BCUT2D eigenvalue weighted by molar-refractivity contribution is 5.87. The van der Waals surface area contributed by atoms with Crippen LogP contribution in [-0.4, -0.2) is 22.6 Å². The van der Waals surface area contributed by atoms with Crippen molar-refractivity contribution in [3.8, 4) is 0 Å². The van der Waals surface area contributed by atoms with Crippen LogP contribution in [-0.2, 0) is 6.54 Å². The SMILES string of the molecule is C[C@@]1(NC(=O)NCc2ccc(C(=O)O)cc2)C[C@H]1c1ccccc1. The number of carboxylic acids is 1. The summed E-state index contributed by atoms with van der Waals surface area (Å²) >= 11 is 0. The number of urea groups is 1. The van der Waals surface area contributed by atoms with Gasteiger partial charge >= 0.3 is 12.0 Å². The molecule has 3 rings (SSSR count). The lowest BCUT2D eigenvalue weighted by molar-refractivity contribution is 0.0697. The van der Waals surface area contributed by atoms with E-state index in [1.165, 1.54) is 17.7 Å². The number of nitrogens with one attached hydrogen (secondary N) is 2. The van der Waals surface area contributed by atoms with E-state index in [2.05, 4.69) is 22.8 Å². The lowest BCUT2D eigenvalue weighted by Crippen LogP contribution is -2.42. The maximum Gasteiger partial charge on any atom is 0.335 e. The van der Waals surface area contributed by atoms with Gasteiger partial charge in [-0.15, -0.1) is 0 Å². The van der Waals surface area contributed by atoms with Crippen molar-refractivity contribution in [2.24, 2.45) is 0 Å². The van der Waals surface area contributed by atoms with Gasteiger partial charge < -0.3 is 15.7 Å². The number of carbonyl (C=O) groups excluding carboxylic acids is 1. The van der Waals surface area contributed by atoms with Gasteiger partial charge in [0.2, 0.25) is 0 Å². The summed E-state index contributed by atoms with van der Waals surface area (Å²) < 4.78 is 0. The maximum absolute atomic E-state index is 12.1. The summed E-state index contributed by atoms with van der Waals surface area (Å²) in [7, 11) is 0. The Morgan fingerprint density at radius 3 is 2.42 bits per heavy atom. The topological polar surface area (TPSA) is 78.4 Å². The fourth-order valence-corrected chi connectivity index (χ4v) is 2.93. The Hall–Kier alpha value is -2.82. The van der Waals surface area contributed by atoms with Crippen molar-refractivity contribution >= 4 is 12.0 Å². The first-order valence-corrected chi connectivity index (χ1v) is 7.91. The van der Waals surface area contributed by atoms with Crippen molar-refractivity contribution in [2.75, 3.05) is 0 Å². The largest absolute Gasteiger partial charge is 0.478 e. The molecule has 1 aliphatic rings. The molecule has 0 unspecified atom stereocenters. The van der Waals surface area contributed by atoms with E-state index >= 15 is 0 Å². The van der Waals surface area contributed by atoms with Crippen molar-refractivity contribution < 1.29 is 14.7 Å². The standard InChI is InChI=1S/C19H20N2O3/c1-19(11-16(19)14-5-3-2-4-6-14)21-18(24)20-12-13-7-9-15(10-8-13)17(22)23/h2-10,16H,11-12H2,1H3,(H,22,23)(H2,20,21,24)/t16-,19+/m0/s1. The Morgan fingerprint density at radius 2 is 1.79 bits per heavy atom. The van der Waals surface area contributed by atoms with Gasteiger partial charge in [-0.1, -0.05) is 42.5 Å². The Morgan fingerprint density at radius 1 is 1.12 bits per heavy atom. The van der Waals surface area contributed by atoms with Gasteiger partial charge in [0, 0.05) is 18.0 Å². The minimum Gasteiger partial charge on any atom is -0.478 e. The molecule has 0 heterocycles. The molecule has 2 amide bonds. The number of carboxylic acid groups (broad SMARTS) is 1. The molecular formula is C19H20N2O3. The molecule has 24 heavy (non-hydrogen) atoms. The molecule has 5 nitrogen and oxygen atoms in total. The summed E-state index contributed by atoms with van der Waals surface area (Å²) in [6, 6.07) is 16.4. The molecule has 3 N–H and O–H groups in total. The van der Waals surface area contributed by atoms with Crippen molar-refractivity contribution in [1.29, 1.82) is 0 Å². The van der Waals surface area contributed by atoms with Crippen LogP contribution in [0.25, 0.3) is 0 Å². The van der Waals surface area contributed by atoms with Gasteiger partial charge in [-0.3, -0.25) is 0 Å². The molecule has 1 fully saturated rings. The molecule has 1 aliphatic carbocycles. The second-order valence-corrected chi connectivity index (χ2v) is 6.39. The minimum absolute atomic E-state index is 0.210. The third-order valence-corrected chi connectivity index (χ3v) is 4.49. The van der Waals surface area contributed by atoms with E-state index in [0.29, 0.717) is 12.5 Å². The molecule has 0 aromatic heterocycles. The van der Waals surface area contributed by atoms with Crippen molar-refractivity contribution in [2.45, 2.75) is 31.3 Å². The van der Waals surface area contributed by atoms with Gasteiger partial charge in [-0.25, -0.2) is 9.59 Å². The van der Waals surface area contributed by atoms with E-state index in [0.717, 1.165) is 12.0 Å². The number of rotatable bonds is 5. The number of aromatic carboxylic acids is 1. The third kappa shape index (κ3) is 3.56. The first kappa shape index (κ1) is 16.1. The Kier molecular flexibility index (Phi) is 4.25. The molecule has 0 radical (unpaired) electrons. The Balaban J connectivity index is 1.50. The first-order valence-electron chi connectivity index (χ1n) is 7.91. The van der Waals surface area contributed by atoms with E-state index < -0.39 is 5.97 Å². The van der Waals surface area contributed by atoms with E-state index in [4.69, 9.17) is 5.11 Å². The van der Waals surface area contributed by atoms with Crippen LogP contribution >= 0.6 is 0 Å². The molecule has 0 aliphatic heterocycles. The average Bonchev–Trinajstić information content (AvgIpc) is 3.25. The molecule has 2 aromatic rings. The highest BCUT2D eigenvalue weighted by atomic mass is 16.4. The van der Waals surface area contributed by atoms with E-state index in [1.54, 1.807) is 12.1 Å². The van der Waals surface area contributed by atoms with Crippen molar-refractivity contribution in [3.05, 3.63) is 71.3 Å². The summed E-state index contributed by atoms with van der Waals surface area (Å²) in [6.45, 7) is 2.41. The van der Waals surface area contributed by atoms with Crippen molar-refractivity contribution in [3.63, 3.8) is 0 Å². The number of hydrogen-bond donors (Lipinski definition) is 3. The fourth-order valence-electron chi connectivity index (χ4n) is 2.93. The van der Waals surface area contributed by atoms with Crippen LogP contribution < -0.4 is 10.6 Å². The van der Waals surface area contributed by atoms with Crippen LogP contribution in [0.5, 0.6) is 0 Å². The second-order valence-electron chi connectivity index (χ2n) is 6.39. The lowest BCUT2D eigenvalue weighted by atomic mass is 10.1. The normalized spacial score (nSPS) is 21.8. The molecule has 2 atom stereocenters. The average molecular weight is 324 g/mol. The molecule has 0 spiro atoms. The lowest BCUT2D eigenvalue weighted by Gasteiger charge is -2.15. The second kappa shape index (κ2) is 6.35. The summed E-state index contributed by atoms with van der Waals surface area (Å²) in [4.78, 5) is 22.9.